The Morgan fingerprint density at radius 2 is 1.17 bits per heavy atom. The van der Waals surface area contributed by atoms with E-state index in [0.29, 0.717) is 0 Å². The van der Waals surface area contributed by atoms with Crippen molar-refractivity contribution < 1.29 is 51.7 Å². The minimum absolute atomic E-state index is 0. The van der Waals surface area contributed by atoms with Crippen LogP contribution < -0.4 is 0 Å². The summed E-state index contributed by atoms with van der Waals surface area (Å²) in [6.45, 7) is 0. The standard InChI is InChI=1S/Ag.3FH.O.V/h;3*1H;;/q;;;;;+3/p-3. The summed E-state index contributed by atoms with van der Waals surface area (Å²) in [7, 11) is 0. The molecule has 6 heteroatoms. The summed E-state index contributed by atoms with van der Waals surface area (Å²) in [5, 5.41) is 0. The molecule has 1 radical (unpaired) electrons. The fourth-order valence-corrected chi connectivity index (χ4v) is 0. The van der Waals surface area contributed by atoms with Gasteiger partial charge in [0, 0.05) is 22.4 Å². The fraction of sp³-hybridized carbons (Fsp3) is 0. The Hall–Kier alpha value is 0.915. The molecule has 0 amide bonds. The monoisotopic (exact) mass is 231 g/mol. The molecule has 0 aliphatic rings. The van der Waals surface area contributed by atoms with Gasteiger partial charge in [0.25, 0.3) is 0 Å². The first-order valence-corrected chi connectivity index (χ1v) is 2.84. The molecule has 0 aromatic rings. The first-order chi connectivity index (χ1) is 2.00. The van der Waals surface area contributed by atoms with Crippen molar-refractivity contribution in [3.8, 4) is 0 Å². The van der Waals surface area contributed by atoms with E-state index in [2.05, 4.69) is 0 Å². The van der Waals surface area contributed by atoms with E-state index in [9.17, 15) is 10.2 Å². The quantitative estimate of drug-likeness (QED) is 0.572. The molecule has 0 heterocycles. The van der Waals surface area contributed by atoms with Crippen molar-refractivity contribution in [2.24, 2.45) is 0 Å². The molecule has 0 aromatic heterocycles. The zero-order chi connectivity index (χ0) is 4.50. The number of rotatable bonds is 0. The Bertz CT molecular complexity index is 56.9. The van der Waals surface area contributed by atoms with E-state index in [-0.39, 0.29) is 22.4 Å². The van der Waals surface area contributed by atoms with Crippen LogP contribution in [-0.2, 0) is 41.5 Å². The van der Waals surface area contributed by atoms with Crippen LogP contribution in [0, 0.1) is 0 Å². The van der Waals surface area contributed by atoms with Crippen LogP contribution in [0.2, 0.25) is 0 Å². The van der Waals surface area contributed by atoms with Gasteiger partial charge in [-0.3, -0.25) is 0 Å². The van der Waals surface area contributed by atoms with Crippen LogP contribution in [0.4, 0.5) is 10.2 Å². The molecule has 0 aliphatic heterocycles. The van der Waals surface area contributed by atoms with Crippen LogP contribution >= 0.6 is 0 Å². The van der Waals surface area contributed by atoms with Gasteiger partial charge < -0.3 is 0 Å². The molecule has 0 fully saturated rings. The Morgan fingerprint density at radius 1 is 1.17 bits per heavy atom. The Kier molecular flexibility index (Phi) is 4.99. The van der Waals surface area contributed by atoms with Gasteiger partial charge in [0.05, 0.1) is 0 Å². The molecule has 43 valence electrons. The van der Waals surface area contributed by atoms with Crippen molar-refractivity contribution in [3.63, 3.8) is 0 Å². The first-order valence-electron chi connectivity index (χ1n) is 0.690. The zero-order valence-corrected chi connectivity index (χ0v) is 5.17. The van der Waals surface area contributed by atoms with Crippen molar-refractivity contribution in [2.45, 2.75) is 0 Å². The molecule has 0 saturated carbocycles. The molecule has 0 saturated heterocycles. The summed E-state index contributed by atoms with van der Waals surface area (Å²) in [6, 6.07) is 0. The van der Waals surface area contributed by atoms with Crippen LogP contribution in [0.1, 0.15) is 0 Å². The summed E-state index contributed by atoms with van der Waals surface area (Å²) in [5.74, 6) is 0. The van der Waals surface area contributed by atoms with E-state index in [1.807, 2.05) is 0 Å². The second-order valence-electron chi connectivity index (χ2n) is 0.399. The molecule has 0 unspecified atom stereocenters. The van der Waals surface area contributed by atoms with Gasteiger partial charge in [-0.15, -0.1) is 0 Å². The van der Waals surface area contributed by atoms with Gasteiger partial charge in [0.1, 0.15) is 0 Å². The van der Waals surface area contributed by atoms with Crippen LogP contribution in [-0.4, -0.2) is 0 Å². The third-order valence-corrected chi connectivity index (χ3v) is 0. The fourth-order valence-electron chi connectivity index (χ4n) is 0. The van der Waals surface area contributed by atoms with Crippen LogP contribution in [0.3, 0.4) is 0 Å². The normalized spacial score (nSPS) is 9.83. The Morgan fingerprint density at radius 3 is 1.17 bits per heavy atom. The summed E-state index contributed by atoms with van der Waals surface area (Å²) in [4.78, 5) is 0. The molecule has 0 bridgehead atoms. The second-order valence-corrected chi connectivity index (χ2v) is 1.64. The van der Waals surface area contributed by atoms with E-state index < -0.39 is 15.4 Å². The molecule has 0 spiro atoms. The topological polar surface area (TPSA) is 17.1 Å². The molecule has 0 aromatic carbocycles. The third-order valence-electron chi connectivity index (χ3n) is 0. The van der Waals surface area contributed by atoms with Gasteiger partial charge in [-0.1, -0.05) is 0 Å². The molecule has 0 rings (SSSR count). The van der Waals surface area contributed by atoms with Crippen molar-refractivity contribution >= 4 is 0 Å². The Labute approximate surface area is 51.8 Å². The van der Waals surface area contributed by atoms with E-state index in [1.54, 1.807) is 0 Å². The van der Waals surface area contributed by atoms with Gasteiger partial charge >= 0.3 is 29.3 Å². The summed E-state index contributed by atoms with van der Waals surface area (Å²) < 4.78 is 38.2. The predicted octanol–water partition coefficient (Wildman–Crippen LogP) is 1.14. The van der Waals surface area contributed by atoms with Gasteiger partial charge in [-0.2, -0.15) is 0 Å². The van der Waals surface area contributed by atoms with E-state index >= 15 is 0 Å². The molecule has 0 aliphatic carbocycles. The first kappa shape index (κ1) is 10.0. The zero-order valence-electron chi connectivity index (χ0n) is 2.29. The summed E-state index contributed by atoms with van der Waals surface area (Å²) >= 11 is -6.62. The summed E-state index contributed by atoms with van der Waals surface area (Å²) in [5.41, 5.74) is 0. The van der Waals surface area contributed by atoms with Gasteiger partial charge in [-0.05, 0) is 0 Å². The second kappa shape index (κ2) is 2.99. The molecule has 0 atom stereocenters. The average molecular weight is 232 g/mol. The summed E-state index contributed by atoms with van der Waals surface area (Å²) in [6.07, 6.45) is 0. The van der Waals surface area contributed by atoms with Crippen LogP contribution in [0.15, 0.2) is 0 Å². The van der Waals surface area contributed by atoms with Crippen molar-refractivity contribution in [1.82, 2.24) is 0 Å². The number of hydrogen-bond acceptors (Lipinski definition) is 1. The van der Waals surface area contributed by atoms with E-state index in [4.69, 9.17) is 3.67 Å². The molecular weight excluding hydrogens is 232 g/mol. The SMILES string of the molecule is [Ag].[O]=[V]([F])([F])[F]. The number of hydrogen-bond donors (Lipinski definition) is 0. The van der Waals surface area contributed by atoms with Crippen LogP contribution in [0.5, 0.6) is 0 Å². The van der Waals surface area contributed by atoms with Gasteiger partial charge in [0.15, 0.2) is 0 Å². The minimum atomic E-state index is -6.62. The molecule has 1 nitrogen and oxygen atoms in total. The number of halogens is 3. The van der Waals surface area contributed by atoms with Gasteiger partial charge in [-0.25, -0.2) is 0 Å². The van der Waals surface area contributed by atoms with E-state index in [1.165, 1.54) is 0 Å². The molecular formula is AgF3OV. The van der Waals surface area contributed by atoms with Gasteiger partial charge in [0.2, 0.25) is 0 Å². The average Bonchev–Trinajstić information content (AvgIpc) is 0.722. The molecule has 0 N–H and O–H groups in total. The van der Waals surface area contributed by atoms with Crippen molar-refractivity contribution in [3.05, 3.63) is 0 Å². The molecule has 6 heavy (non-hydrogen) atoms. The maximum atomic E-state index is 9.97. The Balaban J connectivity index is 0. The van der Waals surface area contributed by atoms with Crippen molar-refractivity contribution in [1.29, 1.82) is 0 Å². The van der Waals surface area contributed by atoms with Crippen LogP contribution in [0.25, 0.3) is 0 Å². The van der Waals surface area contributed by atoms with Crippen molar-refractivity contribution in [2.75, 3.05) is 0 Å². The predicted molar refractivity (Wildman–Crippen MR) is 4.01 cm³/mol. The third kappa shape index (κ3) is 90.0. The van der Waals surface area contributed by atoms with E-state index in [0.717, 1.165) is 0 Å². The maximum absolute atomic E-state index is 9.97.